The van der Waals surface area contributed by atoms with E-state index in [9.17, 15) is 0 Å². The summed E-state index contributed by atoms with van der Waals surface area (Å²) in [6.45, 7) is 10.7. The highest BCUT2D eigenvalue weighted by Gasteiger charge is 2.37. The summed E-state index contributed by atoms with van der Waals surface area (Å²) in [6.07, 6.45) is 0.966. The fourth-order valence-corrected chi connectivity index (χ4v) is 3.26. The van der Waals surface area contributed by atoms with E-state index in [0.29, 0.717) is 5.02 Å². The highest BCUT2D eigenvalue weighted by Crippen LogP contribution is 2.35. The quantitative estimate of drug-likeness (QED) is 0.848. The van der Waals surface area contributed by atoms with Crippen LogP contribution in [0.4, 0.5) is 0 Å². The lowest BCUT2D eigenvalue weighted by Gasteiger charge is -2.43. The van der Waals surface area contributed by atoms with E-state index in [1.807, 2.05) is 24.3 Å². The van der Waals surface area contributed by atoms with E-state index in [-0.39, 0.29) is 11.6 Å². The summed E-state index contributed by atoms with van der Waals surface area (Å²) in [6, 6.07) is 7.50. The van der Waals surface area contributed by atoms with Crippen molar-refractivity contribution in [2.24, 2.45) is 5.73 Å². The molecule has 0 aliphatic carbocycles. The summed E-state index contributed by atoms with van der Waals surface area (Å²) in [4.78, 5) is 2.40. The molecule has 1 aromatic heterocycles. The van der Waals surface area contributed by atoms with Gasteiger partial charge in [-0.25, -0.2) is 0 Å². The molecule has 0 aliphatic rings. The van der Waals surface area contributed by atoms with Crippen molar-refractivity contribution in [3.8, 4) is 0 Å². The lowest BCUT2D eigenvalue weighted by Crippen LogP contribution is -2.52. The van der Waals surface area contributed by atoms with Gasteiger partial charge in [-0.2, -0.15) is 0 Å². The monoisotopic (exact) mass is 308 g/mol. The maximum atomic E-state index is 6.57. The zero-order chi connectivity index (χ0) is 15.6. The normalized spacial score (nSPS) is 16.3. The van der Waals surface area contributed by atoms with Crippen molar-refractivity contribution >= 4 is 22.6 Å². The second-order valence-corrected chi connectivity index (χ2v) is 6.13. The Balaban J connectivity index is 2.41. The zero-order valence-corrected chi connectivity index (χ0v) is 14.1. The number of rotatable bonds is 6. The SMILES string of the molecule is CCN(CC)C(C)(CC)C(N)c1cc2cc(Cl)ccc2o1. The van der Waals surface area contributed by atoms with Crippen molar-refractivity contribution in [2.75, 3.05) is 13.1 Å². The van der Waals surface area contributed by atoms with Crippen LogP contribution in [0.2, 0.25) is 5.02 Å². The number of nitrogens with zero attached hydrogens (tertiary/aromatic N) is 1. The van der Waals surface area contributed by atoms with E-state index >= 15 is 0 Å². The molecule has 0 saturated heterocycles. The molecule has 2 unspecified atom stereocenters. The third kappa shape index (κ3) is 2.96. The molecular formula is C17H25ClN2O. The molecule has 0 aliphatic heterocycles. The number of hydrogen-bond donors (Lipinski definition) is 1. The Labute approximate surface area is 132 Å². The first kappa shape index (κ1) is 16.3. The summed E-state index contributed by atoms with van der Waals surface area (Å²) >= 11 is 6.04. The number of fused-ring (bicyclic) bond motifs is 1. The van der Waals surface area contributed by atoms with Gasteiger partial charge >= 0.3 is 0 Å². The number of benzene rings is 1. The van der Waals surface area contributed by atoms with Crippen LogP contribution in [0.5, 0.6) is 0 Å². The van der Waals surface area contributed by atoms with Gasteiger partial charge in [0.25, 0.3) is 0 Å². The van der Waals surface area contributed by atoms with Crippen molar-refractivity contribution in [3.05, 3.63) is 35.0 Å². The fraction of sp³-hybridized carbons (Fsp3) is 0.529. The standard InChI is InChI=1S/C17H25ClN2O/c1-5-17(4,20(6-2)7-3)16(19)15-11-12-10-13(18)8-9-14(12)21-15/h8-11,16H,5-7,19H2,1-4H3. The lowest BCUT2D eigenvalue weighted by atomic mass is 9.86. The Morgan fingerprint density at radius 1 is 1.24 bits per heavy atom. The predicted molar refractivity (Wildman–Crippen MR) is 89.8 cm³/mol. The maximum absolute atomic E-state index is 6.57. The van der Waals surface area contributed by atoms with Gasteiger partial charge < -0.3 is 10.2 Å². The molecule has 2 N–H and O–H groups in total. The van der Waals surface area contributed by atoms with Crippen molar-refractivity contribution in [1.82, 2.24) is 4.90 Å². The van der Waals surface area contributed by atoms with Crippen LogP contribution in [0.15, 0.2) is 28.7 Å². The fourth-order valence-electron chi connectivity index (χ4n) is 3.08. The number of hydrogen-bond acceptors (Lipinski definition) is 3. The van der Waals surface area contributed by atoms with Crippen molar-refractivity contribution < 1.29 is 4.42 Å². The molecule has 21 heavy (non-hydrogen) atoms. The lowest BCUT2D eigenvalue weighted by molar-refractivity contribution is 0.0773. The summed E-state index contributed by atoms with van der Waals surface area (Å²) in [7, 11) is 0. The van der Waals surface area contributed by atoms with Crippen LogP contribution >= 0.6 is 11.6 Å². The first-order valence-electron chi connectivity index (χ1n) is 7.65. The minimum absolute atomic E-state index is 0.124. The van der Waals surface area contributed by atoms with Gasteiger partial charge in [-0.1, -0.05) is 32.4 Å². The Bertz CT molecular complexity index is 606. The zero-order valence-electron chi connectivity index (χ0n) is 13.3. The van der Waals surface area contributed by atoms with E-state index in [2.05, 4.69) is 32.6 Å². The van der Waals surface area contributed by atoms with Gasteiger partial charge in [0.05, 0.1) is 6.04 Å². The van der Waals surface area contributed by atoms with Gasteiger partial charge in [0.15, 0.2) is 0 Å². The molecule has 1 aromatic carbocycles. The molecule has 2 aromatic rings. The highest BCUT2D eigenvalue weighted by atomic mass is 35.5. The van der Waals surface area contributed by atoms with Crippen molar-refractivity contribution in [1.29, 1.82) is 0 Å². The van der Waals surface area contributed by atoms with Crippen LogP contribution in [-0.4, -0.2) is 23.5 Å². The molecule has 0 radical (unpaired) electrons. The largest absolute Gasteiger partial charge is 0.459 e. The van der Waals surface area contributed by atoms with E-state index in [1.165, 1.54) is 0 Å². The molecule has 0 saturated carbocycles. The van der Waals surface area contributed by atoms with Crippen molar-refractivity contribution in [3.63, 3.8) is 0 Å². The predicted octanol–water partition coefficient (Wildman–Crippen LogP) is 4.60. The van der Waals surface area contributed by atoms with Crippen LogP contribution in [0, 0.1) is 0 Å². The second-order valence-electron chi connectivity index (χ2n) is 5.69. The van der Waals surface area contributed by atoms with Gasteiger partial charge in [0.2, 0.25) is 0 Å². The van der Waals surface area contributed by atoms with Crippen LogP contribution in [0.25, 0.3) is 11.0 Å². The molecule has 3 nitrogen and oxygen atoms in total. The van der Waals surface area contributed by atoms with E-state index < -0.39 is 0 Å². The molecule has 0 spiro atoms. The number of likely N-dealkylation sites (N-methyl/N-ethyl adjacent to an activating group) is 1. The number of furan rings is 1. The average Bonchev–Trinajstić information content (AvgIpc) is 2.90. The summed E-state index contributed by atoms with van der Waals surface area (Å²) in [5, 5.41) is 1.72. The van der Waals surface area contributed by atoms with Gasteiger partial charge in [0.1, 0.15) is 11.3 Å². The Morgan fingerprint density at radius 2 is 1.90 bits per heavy atom. The van der Waals surface area contributed by atoms with Crippen LogP contribution in [0.1, 0.15) is 45.9 Å². The van der Waals surface area contributed by atoms with Gasteiger partial charge in [-0.15, -0.1) is 0 Å². The first-order chi connectivity index (χ1) is 9.96. The van der Waals surface area contributed by atoms with Crippen LogP contribution in [0.3, 0.4) is 0 Å². The molecule has 1 heterocycles. The van der Waals surface area contributed by atoms with E-state index in [4.69, 9.17) is 21.8 Å². The average molecular weight is 309 g/mol. The Hall–Kier alpha value is -1.03. The third-order valence-electron chi connectivity index (χ3n) is 4.68. The second kappa shape index (κ2) is 6.39. The van der Waals surface area contributed by atoms with Gasteiger partial charge in [0, 0.05) is 15.9 Å². The number of nitrogens with two attached hydrogens (primary N) is 1. The van der Waals surface area contributed by atoms with Crippen molar-refractivity contribution in [2.45, 2.75) is 45.7 Å². The molecule has 0 amide bonds. The summed E-state index contributed by atoms with van der Waals surface area (Å²) in [5.41, 5.74) is 7.28. The van der Waals surface area contributed by atoms with E-state index in [1.54, 1.807) is 0 Å². The van der Waals surface area contributed by atoms with Crippen LogP contribution < -0.4 is 5.73 Å². The van der Waals surface area contributed by atoms with Gasteiger partial charge in [-0.05, 0) is 50.7 Å². The third-order valence-corrected chi connectivity index (χ3v) is 4.91. The van der Waals surface area contributed by atoms with Crippen LogP contribution in [-0.2, 0) is 0 Å². The molecule has 2 atom stereocenters. The highest BCUT2D eigenvalue weighted by molar-refractivity contribution is 6.31. The molecule has 116 valence electrons. The smallest absolute Gasteiger partial charge is 0.134 e. The first-order valence-corrected chi connectivity index (χ1v) is 8.03. The number of halogens is 1. The minimum atomic E-state index is -0.173. The molecule has 4 heteroatoms. The van der Waals surface area contributed by atoms with E-state index in [0.717, 1.165) is 36.2 Å². The minimum Gasteiger partial charge on any atom is -0.459 e. The molecule has 2 rings (SSSR count). The summed E-state index contributed by atoms with van der Waals surface area (Å²) < 4.78 is 5.96. The topological polar surface area (TPSA) is 42.4 Å². The molecular weight excluding hydrogens is 284 g/mol. The maximum Gasteiger partial charge on any atom is 0.134 e. The van der Waals surface area contributed by atoms with Gasteiger partial charge in [-0.3, -0.25) is 4.90 Å². The Morgan fingerprint density at radius 3 is 2.48 bits per heavy atom. The Kier molecular flexibility index (Phi) is 4.97. The molecule has 0 bridgehead atoms. The molecule has 0 fully saturated rings. The summed E-state index contributed by atoms with van der Waals surface area (Å²) in [5.74, 6) is 0.823.